The van der Waals surface area contributed by atoms with Crippen molar-refractivity contribution in [3.63, 3.8) is 0 Å². The number of ether oxygens (including phenoxy) is 1. The highest BCUT2D eigenvalue weighted by atomic mass is 35.5. The second-order valence-electron chi connectivity index (χ2n) is 7.15. The van der Waals surface area contributed by atoms with Crippen LogP contribution in [0.25, 0.3) is 0 Å². The first kappa shape index (κ1) is 19.5. The van der Waals surface area contributed by atoms with Gasteiger partial charge in [-0.15, -0.1) is 0 Å². The Labute approximate surface area is 152 Å². The van der Waals surface area contributed by atoms with E-state index in [1.54, 1.807) is 26.8 Å². The van der Waals surface area contributed by atoms with Crippen LogP contribution in [0.1, 0.15) is 45.6 Å². The van der Waals surface area contributed by atoms with E-state index in [0.717, 1.165) is 12.8 Å². The van der Waals surface area contributed by atoms with Crippen molar-refractivity contribution in [3.05, 3.63) is 34.6 Å². The second-order valence-corrected chi connectivity index (χ2v) is 7.56. The van der Waals surface area contributed by atoms with E-state index in [1.165, 1.54) is 17.0 Å². The zero-order valence-corrected chi connectivity index (χ0v) is 15.5. The zero-order chi connectivity index (χ0) is 18.6. The lowest BCUT2D eigenvalue weighted by atomic mass is 10.0. The fourth-order valence-electron chi connectivity index (χ4n) is 2.70. The van der Waals surface area contributed by atoms with E-state index >= 15 is 0 Å². The van der Waals surface area contributed by atoms with E-state index in [-0.39, 0.29) is 17.5 Å². The third-order valence-corrected chi connectivity index (χ3v) is 4.17. The lowest BCUT2D eigenvalue weighted by Gasteiger charge is -2.35. The van der Waals surface area contributed by atoms with Crippen LogP contribution in [-0.2, 0) is 16.1 Å². The van der Waals surface area contributed by atoms with Crippen molar-refractivity contribution in [1.29, 1.82) is 0 Å². The minimum absolute atomic E-state index is 0.0137. The fourth-order valence-corrected chi connectivity index (χ4v) is 2.90. The summed E-state index contributed by atoms with van der Waals surface area (Å²) in [6.45, 7) is 6.10. The molecular weight excluding hydrogens is 347 g/mol. The first-order valence-corrected chi connectivity index (χ1v) is 8.76. The largest absolute Gasteiger partial charge is 0.444 e. The maximum Gasteiger partial charge on any atom is 0.410 e. The van der Waals surface area contributed by atoms with Crippen molar-refractivity contribution in [3.8, 4) is 0 Å². The van der Waals surface area contributed by atoms with Crippen molar-refractivity contribution in [2.75, 3.05) is 6.54 Å². The predicted octanol–water partition coefficient (Wildman–Crippen LogP) is 3.88. The summed E-state index contributed by atoms with van der Waals surface area (Å²) in [5, 5.41) is 2.81. The molecule has 0 aliphatic carbocycles. The minimum Gasteiger partial charge on any atom is -0.444 e. The van der Waals surface area contributed by atoms with Crippen LogP contribution in [-0.4, -0.2) is 35.1 Å². The molecule has 1 aromatic carbocycles. The average Bonchev–Trinajstić information content (AvgIpc) is 2.54. The number of piperidine rings is 1. The molecular formula is C18H24ClFN2O3. The SMILES string of the molecule is CC(C)(C)OC(=O)N1CCCC[C@@H]1C(=O)NCc1ccc(F)c(Cl)c1. The monoisotopic (exact) mass is 370 g/mol. The molecule has 1 saturated heterocycles. The average molecular weight is 371 g/mol. The third-order valence-electron chi connectivity index (χ3n) is 3.88. The highest BCUT2D eigenvalue weighted by molar-refractivity contribution is 6.30. The predicted molar refractivity (Wildman–Crippen MR) is 93.8 cm³/mol. The van der Waals surface area contributed by atoms with Gasteiger partial charge in [-0.3, -0.25) is 9.69 Å². The maximum atomic E-state index is 13.2. The molecule has 0 saturated carbocycles. The van der Waals surface area contributed by atoms with Gasteiger partial charge in [-0.25, -0.2) is 9.18 Å². The third kappa shape index (κ3) is 5.59. The highest BCUT2D eigenvalue weighted by Gasteiger charge is 2.34. The van der Waals surface area contributed by atoms with Gasteiger partial charge in [0.05, 0.1) is 5.02 Å². The number of likely N-dealkylation sites (tertiary alicyclic amines) is 1. The Balaban J connectivity index is 1.99. The van der Waals surface area contributed by atoms with Crippen LogP contribution < -0.4 is 5.32 Å². The fraction of sp³-hybridized carbons (Fsp3) is 0.556. The van der Waals surface area contributed by atoms with Gasteiger partial charge in [0.25, 0.3) is 0 Å². The molecule has 1 fully saturated rings. The van der Waals surface area contributed by atoms with Gasteiger partial charge in [0.2, 0.25) is 5.91 Å². The lowest BCUT2D eigenvalue weighted by Crippen LogP contribution is -2.52. The van der Waals surface area contributed by atoms with Gasteiger partial charge in [-0.2, -0.15) is 0 Å². The molecule has 1 atom stereocenters. The van der Waals surface area contributed by atoms with Gasteiger partial charge >= 0.3 is 6.09 Å². The number of benzene rings is 1. The number of nitrogens with zero attached hydrogens (tertiary/aromatic N) is 1. The number of nitrogens with one attached hydrogen (secondary N) is 1. The summed E-state index contributed by atoms with van der Waals surface area (Å²) in [5.41, 5.74) is 0.0832. The topological polar surface area (TPSA) is 58.6 Å². The Morgan fingerprint density at radius 3 is 2.72 bits per heavy atom. The molecule has 1 aliphatic heterocycles. The van der Waals surface area contributed by atoms with E-state index in [0.29, 0.717) is 18.5 Å². The number of halogens is 2. The van der Waals surface area contributed by atoms with Crippen LogP contribution in [0.4, 0.5) is 9.18 Å². The Hall–Kier alpha value is -1.82. The van der Waals surface area contributed by atoms with E-state index in [1.807, 2.05) is 0 Å². The second kappa shape index (κ2) is 8.04. The number of hydrogen-bond donors (Lipinski definition) is 1. The molecule has 1 aliphatic rings. The maximum absolute atomic E-state index is 13.2. The molecule has 1 aromatic rings. The summed E-state index contributed by atoms with van der Waals surface area (Å²) in [5.74, 6) is -0.744. The number of hydrogen-bond acceptors (Lipinski definition) is 3. The van der Waals surface area contributed by atoms with E-state index < -0.39 is 23.6 Å². The molecule has 0 bridgehead atoms. The van der Waals surface area contributed by atoms with E-state index in [2.05, 4.69) is 5.32 Å². The molecule has 25 heavy (non-hydrogen) atoms. The Bertz CT molecular complexity index is 646. The van der Waals surface area contributed by atoms with Gasteiger partial charge in [-0.1, -0.05) is 17.7 Å². The number of rotatable bonds is 3. The summed E-state index contributed by atoms with van der Waals surface area (Å²) in [6, 6.07) is 3.74. The van der Waals surface area contributed by atoms with Crippen molar-refractivity contribution >= 4 is 23.6 Å². The summed E-state index contributed by atoms with van der Waals surface area (Å²) in [6.07, 6.45) is 1.84. The molecule has 1 N–H and O–H groups in total. The molecule has 0 aromatic heterocycles. The number of amides is 2. The van der Waals surface area contributed by atoms with Crippen LogP contribution in [0, 0.1) is 5.82 Å². The summed E-state index contributed by atoms with van der Waals surface area (Å²) in [7, 11) is 0. The molecule has 2 rings (SSSR count). The Morgan fingerprint density at radius 1 is 1.36 bits per heavy atom. The zero-order valence-electron chi connectivity index (χ0n) is 14.8. The molecule has 2 amide bonds. The Morgan fingerprint density at radius 2 is 2.08 bits per heavy atom. The van der Waals surface area contributed by atoms with Crippen LogP contribution in [0.2, 0.25) is 5.02 Å². The first-order chi connectivity index (χ1) is 11.7. The van der Waals surface area contributed by atoms with Gasteiger partial charge < -0.3 is 10.1 Å². The summed E-state index contributed by atoms with van der Waals surface area (Å²) < 4.78 is 18.6. The molecule has 0 radical (unpaired) electrons. The summed E-state index contributed by atoms with van der Waals surface area (Å²) >= 11 is 5.75. The van der Waals surface area contributed by atoms with Crippen molar-refractivity contribution in [1.82, 2.24) is 10.2 Å². The highest BCUT2D eigenvalue weighted by Crippen LogP contribution is 2.21. The number of carbonyl (C=O) groups excluding carboxylic acids is 2. The minimum atomic E-state index is -0.611. The van der Waals surface area contributed by atoms with Gasteiger partial charge in [0, 0.05) is 13.1 Å². The van der Waals surface area contributed by atoms with Crippen LogP contribution in [0.15, 0.2) is 18.2 Å². The molecule has 5 nitrogen and oxygen atoms in total. The standard InChI is InChI=1S/C18H24ClFN2O3/c1-18(2,3)25-17(24)22-9-5-4-6-15(22)16(23)21-11-12-7-8-14(20)13(19)10-12/h7-8,10,15H,4-6,9,11H2,1-3H3,(H,21,23)/t15-/m1/s1. The van der Waals surface area contributed by atoms with Crippen molar-refractivity contribution < 1.29 is 18.7 Å². The van der Waals surface area contributed by atoms with Crippen molar-refractivity contribution in [2.45, 2.75) is 58.2 Å². The quantitative estimate of drug-likeness (QED) is 0.878. The smallest absolute Gasteiger partial charge is 0.410 e. The lowest BCUT2D eigenvalue weighted by molar-refractivity contribution is -0.127. The van der Waals surface area contributed by atoms with Crippen molar-refractivity contribution in [2.24, 2.45) is 0 Å². The van der Waals surface area contributed by atoms with E-state index in [9.17, 15) is 14.0 Å². The molecule has 7 heteroatoms. The molecule has 138 valence electrons. The van der Waals surface area contributed by atoms with E-state index in [4.69, 9.17) is 16.3 Å². The van der Waals surface area contributed by atoms with Gasteiger partial charge in [0.15, 0.2) is 0 Å². The number of carbonyl (C=O) groups is 2. The van der Waals surface area contributed by atoms with Crippen LogP contribution in [0.5, 0.6) is 0 Å². The normalized spacial score (nSPS) is 18.0. The first-order valence-electron chi connectivity index (χ1n) is 8.38. The van der Waals surface area contributed by atoms with Gasteiger partial charge in [0.1, 0.15) is 17.5 Å². The summed E-state index contributed by atoms with van der Waals surface area (Å²) in [4.78, 5) is 26.4. The molecule has 0 spiro atoms. The van der Waals surface area contributed by atoms with Gasteiger partial charge in [-0.05, 0) is 57.7 Å². The Kier molecular flexibility index (Phi) is 6.27. The molecule has 0 unspecified atom stereocenters. The van der Waals surface area contributed by atoms with Crippen LogP contribution in [0.3, 0.4) is 0 Å². The molecule has 1 heterocycles. The van der Waals surface area contributed by atoms with Crippen LogP contribution >= 0.6 is 11.6 Å².